The molecule has 0 saturated carbocycles. The topological polar surface area (TPSA) is 29.5 Å². The zero-order chi connectivity index (χ0) is 11.1. The third kappa shape index (κ3) is 4.30. The Morgan fingerprint density at radius 2 is 1.79 bits per heavy atom. The maximum absolute atomic E-state index is 11.6. The maximum Gasteiger partial charge on any atom is 0.415 e. The number of allylic oxidation sites excluding steroid dienone is 1. The lowest BCUT2D eigenvalue weighted by Gasteiger charge is -2.28. The summed E-state index contributed by atoms with van der Waals surface area (Å²) in [5.74, 6) is 0. The van der Waals surface area contributed by atoms with E-state index in [2.05, 4.69) is 0 Å². The summed E-state index contributed by atoms with van der Waals surface area (Å²) < 4.78 is 4.97. The van der Waals surface area contributed by atoms with Crippen molar-refractivity contribution in [3.63, 3.8) is 0 Å². The quantitative estimate of drug-likeness (QED) is 0.651. The first-order chi connectivity index (χ1) is 6.50. The summed E-state index contributed by atoms with van der Waals surface area (Å²) in [4.78, 5) is 13.3. The molecule has 0 aliphatic heterocycles. The van der Waals surface area contributed by atoms with Crippen LogP contribution in [0.3, 0.4) is 0 Å². The molecule has 0 saturated heterocycles. The number of rotatable bonds is 4. The molecule has 0 bridgehead atoms. The Bertz CT molecular complexity index is 189. The van der Waals surface area contributed by atoms with E-state index >= 15 is 0 Å². The van der Waals surface area contributed by atoms with Crippen molar-refractivity contribution in [2.45, 2.75) is 53.1 Å². The van der Waals surface area contributed by atoms with Crippen LogP contribution in [0.5, 0.6) is 0 Å². The molecule has 0 heterocycles. The van der Waals surface area contributed by atoms with E-state index in [0.717, 1.165) is 6.42 Å². The van der Waals surface area contributed by atoms with Crippen LogP contribution in [0.15, 0.2) is 12.3 Å². The molecular formula is C11H21NO2. The van der Waals surface area contributed by atoms with E-state index in [4.69, 9.17) is 4.74 Å². The Kier molecular flexibility index (Phi) is 6.00. The second-order valence-electron chi connectivity index (χ2n) is 3.76. The van der Waals surface area contributed by atoms with E-state index in [1.54, 1.807) is 4.90 Å². The van der Waals surface area contributed by atoms with Crippen molar-refractivity contribution < 1.29 is 9.53 Å². The van der Waals surface area contributed by atoms with Gasteiger partial charge in [-0.05, 0) is 40.2 Å². The lowest BCUT2D eigenvalue weighted by molar-refractivity contribution is 0.109. The fourth-order valence-electron chi connectivity index (χ4n) is 1.28. The third-order valence-corrected chi connectivity index (χ3v) is 1.82. The van der Waals surface area contributed by atoms with E-state index in [1.807, 2.05) is 40.7 Å². The summed E-state index contributed by atoms with van der Waals surface area (Å²) >= 11 is 0. The number of nitrogens with zero attached hydrogens (tertiary/aromatic N) is 1. The Hall–Kier alpha value is -0.990. The molecule has 0 atom stereocenters. The normalized spacial score (nSPS) is 11.4. The molecule has 3 nitrogen and oxygen atoms in total. The minimum atomic E-state index is -0.278. The van der Waals surface area contributed by atoms with Gasteiger partial charge in [0.05, 0.1) is 6.26 Å². The molecule has 0 aliphatic rings. The highest BCUT2D eigenvalue weighted by atomic mass is 16.5. The van der Waals surface area contributed by atoms with Gasteiger partial charge in [-0.15, -0.1) is 0 Å². The molecule has 14 heavy (non-hydrogen) atoms. The molecule has 3 heteroatoms. The van der Waals surface area contributed by atoms with Crippen LogP contribution in [0.25, 0.3) is 0 Å². The number of hydrogen-bond donors (Lipinski definition) is 0. The molecule has 82 valence electrons. The number of carbonyl (C=O) groups is 1. The average molecular weight is 199 g/mol. The van der Waals surface area contributed by atoms with Gasteiger partial charge in [0.15, 0.2) is 0 Å². The summed E-state index contributed by atoms with van der Waals surface area (Å²) in [5.41, 5.74) is 0. The van der Waals surface area contributed by atoms with Crippen LogP contribution in [-0.2, 0) is 4.74 Å². The molecule has 0 aromatic carbocycles. The average Bonchev–Trinajstić information content (AvgIpc) is 2.03. The van der Waals surface area contributed by atoms with Crippen molar-refractivity contribution in [3.05, 3.63) is 12.3 Å². The first-order valence-electron chi connectivity index (χ1n) is 5.14. The monoisotopic (exact) mass is 199 g/mol. The molecule has 0 aliphatic carbocycles. The molecule has 1 amide bonds. The van der Waals surface area contributed by atoms with E-state index in [0.29, 0.717) is 0 Å². The fourth-order valence-corrected chi connectivity index (χ4v) is 1.28. The van der Waals surface area contributed by atoms with Crippen LogP contribution in [0.4, 0.5) is 4.79 Å². The zero-order valence-electron chi connectivity index (χ0n) is 9.78. The predicted molar refractivity (Wildman–Crippen MR) is 58.0 cm³/mol. The molecule has 0 fully saturated rings. The Balaban J connectivity index is 4.23. The van der Waals surface area contributed by atoms with Gasteiger partial charge in [0.2, 0.25) is 0 Å². The van der Waals surface area contributed by atoms with Gasteiger partial charge >= 0.3 is 6.09 Å². The van der Waals surface area contributed by atoms with Crippen molar-refractivity contribution in [3.8, 4) is 0 Å². The van der Waals surface area contributed by atoms with Crippen molar-refractivity contribution in [2.75, 3.05) is 0 Å². The molecule has 0 N–H and O–H groups in total. The largest absolute Gasteiger partial charge is 0.418 e. The van der Waals surface area contributed by atoms with Gasteiger partial charge in [-0.25, -0.2) is 4.79 Å². The predicted octanol–water partition coefficient (Wildman–Crippen LogP) is 3.17. The SMILES string of the molecule is CCC=COC(=O)N(C(C)C)C(C)C. The third-order valence-electron chi connectivity index (χ3n) is 1.82. The first-order valence-corrected chi connectivity index (χ1v) is 5.14. The van der Waals surface area contributed by atoms with Gasteiger partial charge in [-0.3, -0.25) is 0 Å². The van der Waals surface area contributed by atoms with Crippen LogP contribution >= 0.6 is 0 Å². The van der Waals surface area contributed by atoms with Crippen LogP contribution in [-0.4, -0.2) is 23.1 Å². The van der Waals surface area contributed by atoms with Crippen molar-refractivity contribution in [2.24, 2.45) is 0 Å². The standard InChI is InChI=1S/C11H21NO2/c1-6-7-8-14-11(13)12(9(2)3)10(4)5/h7-10H,6H2,1-5H3. The lowest BCUT2D eigenvalue weighted by Crippen LogP contribution is -2.41. The summed E-state index contributed by atoms with van der Waals surface area (Å²) in [6.07, 6.45) is 3.87. The van der Waals surface area contributed by atoms with Gasteiger partial charge < -0.3 is 9.64 Å². The highest BCUT2D eigenvalue weighted by Gasteiger charge is 2.20. The second kappa shape index (κ2) is 6.46. The highest BCUT2D eigenvalue weighted by Crippen LogP contribution is 2.07. The Labute approximate surface area is 86.7 Å². The van der Waals surface area contributed by atoms with Gasteiger partial charge in [-0.1, -0.05) is 6.92 Å². The van der Waals surface area contributed by atoms with Gasteiger partial charge in [-0.2, -0.15) is 0 Å². The molecular weight excluding hydrogens is 178 g/mol. The molecule has 0 aromatic heterocycles. The van der Waals surface area contributed by atoms with Crippen molar-refractivity contribution in [1.29, 1.82) is 0 Å². The van der Waals surface area contributed by atoms with E-state index in [9.17, 15) is 4.79 Å². The number of carbonyl (C=O) groups excluding carboxylic acids is 1. The van der Waals surface area contributed by atoms with Crippen molar-refractivity contribution in [1.82, 2.24) is 4.90 Å². The summed E-state index contributed by atoms with van der Waals surface area (Å²) in [5, 5.41) is 0. The fraction of sp³-hybridized carbons (Fsp3) is 0.727. The minimum Gasteiger partial charge on any atom is -0.418 e. The second-order valence-corrected chi connectivity index (χ2v) is 3.76. The van der Waals surface area contributed by atoms with E-state index < -0.39 is 0 Å². The summed E-state index contributed by atoms with van der Waals surface area (Å²) in [6.45, 7) is 9.90. The zero-order valence-corrected chi connectivity index (χ0v) is 9.78. The molecule has 0 radical (unpaired) electrons. The maximum atomic E-state index is 11.6. The minimum absolute atomic E-state index is 0.164. The Morgan fingerprint density at radius 1 is 1.29 bits per heavy atom. The van der Waals surface area contributed by atoms with Crippen LogP contribution in [0.1, 0.15) is 41.0 Å². The highest BCUT2D eigenvalue weighted by molar-refractivity contribution is 5.68. The van der Waals surface area contributed by atoms with Gasteiger partial charge in [0.1, 0.15) is 0 Å². The van der Waals surface area contributed by atoms with Crippen LogP contribution < -0.4 is 0 Å². The van der Waals surface area contributed by atoms with Crippen LogP contribution in [0.2, 0.25) is 0 Å². The Morgan fingerprint density at radius 3 is 2.14 bits per heavy atom. The lowest BCUT2D eigenvalue weighted by atomic mass is 10.2. The van der Waals surface area contributed by atoms with Gasteiger partial charge in [0.25, 0.3) is 0 Å². The van der Waals surface area contributed by atoms with Gasteiger partial charge in [0, 0.05) is 12.1 Å². The summed E-state index contributed by atoms with van der Waals surface area (Å²) in [6, 6.07) is 0.329. The number of hydrogen-bond acceptors (Lipinski definition) is 2. The van der Waals surface area contributed by atoms with Crippen LogP contribution in [0, 0.1) is 0 Å². The molecule has 0 aromatic rings. The summed E-state index contributed by atoms with van der Waals surface area (Å²) in [7, 11) is 0. The molecule has 0 spiro atoms. The first kappa shape index (κ1) is 13.0. The smallest absolute Gasteiger partial charge is 0.415 e. The van der Waals surface area contributed by atoms with Crippen molar-refractivity contribution >= 4 is 6.09 Å². The number of amides is 1. The van der Waals surface area contributed by atoms with E-state index in [-0.39, 0.29) is 18.2 Å². The number of ether oxygens (including phenoxy) is 1. The van der Waals surface area contributed by atoms with E-state index in [1.165, 1.54) is 6.26 Å². The molecule has 0 unspecified atom stereocenters. The molecule has 0 rings (SSSR count).